The van der Waals surface area contributed by atoms with Crippen LogP contribution >= 0.6 is 0 Å². The van der Waals surface area contributed by atoms with E-state index in [1.807, 2.05) is 0 Å². The number of aliphatic hydroxyl groups excluding tert-OH is 1. The van der Waals surface area contributed by atoms with E-state index >= 15 is 0 Å². The van der Waals surface area contributed by atoms with Gasteiger partial charge in [-0.25, -0.2) is 0 Å². The minimum atomic E-state index is 0.350. The molecule has 14 heavy (non-hydrogen) atoms. The molecule has 82 valence electrons. The van der Waals surface area contributed by atoms with Gasteiger partial charge in [0.05, 0.1) is 0 Å². The standard InChI is InChI=1S/C11H22N2O/c12-10-6-11(7-10)13-4-1-2-9(8-13)3-5-14/h9-11,14H,1-8,12H2. The van der Waals surface area contributed by atoms with Crippen molar-refractivity contribution in [3.63, 3.8) is 0 Å². The van der Waals surface area contributed by atoms with E-state index in [1.165, 1.54) is 38.8 Å². The van der Waals surface area contributed by atoms with Gasteiger partial charge in [0.1, 0.15) is 0 Å². The molecule has 1 aliphatic carbocycles. The quantitative estimate of drug-likeness (QED) is 0.697. The third-order valence-corrected chi connectivity index (χ3v) is 3.75. The molecule has 2 fully saturated rings. The summed E-state index contributed by atoms with van der Waals surface area (Å²) in [7, 11) is 0. The zero-order valence-corrected chi connectivity index (χ0v) is 8.86. The lowest BCUT2D eigenvalue weighted by molar-refractivity contribution is 0.0583. The highest BCUT2D eigenvalue weighted by Gasteiger charge is 2.33. The molecule has 1 unspecified atom stereocenters. The molecule has 2 rings (SSSR count). The first kappa shape index (κ1) is 10.4. The first-order valence-electron chi connectivity index (χ1n) is 5.90. The molecule has 1 saturated heterocycles. The Morgan fingerprint density at radius 2 is 2.14 bits per heavy atom. The number of nitrogens with zero attached hydrogens (tertiary/aromatic N) is 1. The second kappa shape index (κ2) is 4.60. The topological polar surface area (TPSA) is 49.5 Å². The summed E-state index contributed by atoms with van der Waals surface area (Å²) in [6, 6.07) is 1.21. The maximum atomic E-state index is 8.92. The van der Waals surface area contributed by atoms with Crippen LogP contribution in [0.1, 0.15) is 32.1 Å². The van der Waals surface area contributed by atoms with Gasteiger partial charge in [-0.1, -0.05) is 0 Å². The molecule has 0 bridgehead atoms. The number of rotatable bonds is 3. The summed E-state index contributed by atoms with van der Waals surface area (Å²) < 4.78 is 0. The lowest BCUT2D eigenvalue weighted by Gasteiger charge is -2.45. The average molecular weight is 198 g/mol. The van der Waals surface area contributed by atoms with Crippen LogP contribution in [-0.2, 0) is 0 Å². The van der Waals surface area contributed by atoms with Gasteiger partial charge in [-0.15, -0.1) is 0 Å². The minimum Gasteiger partial charge on any atom is -0.396 e. The van der Waals surface area contributed by atoms with Crippen molar-refractivity contribution < 1.29 is 5.11 Å². The Morgan fingerprint density at radius 3 is 2.79 bits per heavy atom. The molecule has 3 heteroatoms. The summed E-state index contributed by atoms with van der Waals surface area (Å²) in [4.78, 5) is 2.59. The molecule has 0 aromatic rings. The van der Waals surface area contributed by atoms with Crippen molar-refractivity contribution in [2.24, 2.45) is 11.7 Å². The van der Waals surface area contributed by atoms with Crippen molar-refractivity contribution in [1.82, 2.24) is 4.90 Å². The molecule has 3 nitrogen and oxygen atoms in total. The normalized spacial score (nSPS) is 39.4. The van der Waals surface area contributed by atoms with E-state index in [1.54, 1.807) is 0 Å². The first-order chi connectivity index (χ1) is 6.79. The maximum absolute atomic E-state index is 8.92. The van der Waals surface area contributed by atoms with Crippen LogP contribution in [0.25, 0.3) is 0 Å². The van der Waals surface area contributed by atoms with Crippen LogP contribution in [0.15, 0.2) is 0 Å². The van der Waals surface area contributed by atoms with Gasteiger partial charge in [0.15, 0.2) is 0 Å². The van der Waals surface area contributed by atoms with E-state index in [9.17, 15) is 0 Å². The number of aliphatic hydroxyl groups is 1. The zero-order valence-electron chi connectivity index (χ0n) is 8.86. The molecule has 2 aliphatic rings. The van der Waals surface area contributed by atoms with E-state index < -0.39 is 0 Å². The van der Waals surface area contributed by atoms with Gasteiger partial charge in [0.2, 0.25) is 0 Å². The number of hydrogen-bond donors (Lipinski definition) is 2. The summed E-state index contributed by atoms with van der Waals surface area (Å²) in [6.45, 7) is 2.79. The van der Waals surface area contributed by atoms with Gasteiger partial charge in [0, 0.05) is 25.2 Å². The number of hydrogen-bond acceptors (Lipinski definition) is 3. The molecule has 0 radical (unpaired) electrons. The van der Waals surface area contributed by atoms with Crippen molar-refractivity contribution in [3.05, 3.63) is 0 Å². The van der Waals surface area contributed by atoms with Crippen LogP contribution in [0.3, 0.4) is 0 Å². The lowest BCUT2D eigenvalue weighted by Crippen LogP contribution is -2.53. The highest BCUT2D eigenvalue weighted by atomic mass is 16.3. The number of nitrogens with two attached hydrogens (primary N) is 1. The maximum Gasteiger partial charge on any atom is 0.0434 e. The first-order valence-corrected chi connectivity index (χ1v) is 5.90. The average Bonchev–Trinajstić information content (AvgIpc) is 2.14. The fourth-order valence-electron chi connectivity index (χ4n) is 2.78. The van der Waals surface area contributed by atoms with E-state index in [-0.39, 0.29) is 0 Å². The molecule has 0 amide bonds. The second-order valence-electron chi connectivity index (χ2n) is 4.90. The van der Waals surface area contributed by atoms with Gasteiger partial charge in [-0.3, -0.25) is 4.90 Å². The van der Waals surface area contributed by atoms with Crippen molar-refractivity contribution in [2.75, 3.05) is 19.7 Å². The van der Waals surface area contributed by atoms with Crippen molar-refractivity contribution in [1.29, 1.82) is 0 Å². The van der Waals surface area contributed by atoms with Crippen LogP contribution in [0.2, 0.25) is 0 Å². The molecule has 1 aliphatic heterocycles. The molecular weight excluding hydrogens is 176 g/mol. The van der Waals surface area contributed by atoms with Crippen LogP contribution in [0.4, 0.5) is 0 Å². The third kappa shape index (κ3) is 2.27. The molecule has 3 N–H and O–H groups in total. The Morgan fingerprint density at radius 1 is 1.36 bits per heavy atom. The molecule has 1 atom stereocenters. The van der Waals surface area contributed by atoms with Crippen LogP contribution in [0, 0.1) is 5.92 Å². The highest BCUT2D eigenvalue weighted by molar-refractivity contribution is 4.91. The number of likely N-dealkylation sites (tertiary alicyclic amines) is 1. The summed E-state index contributed by atoms with van der Waals surface area (Å²) in [5.74, 6) is 0.727. The van der Waals surface area contributed by atoms with Gasteiger partial charge in [-0.2, -0.15) is 0 Å². The van der Waals surface area contributed by atoms with E-state index in [0.717, 1.165) is 18.4 Å². The van der Waals surface area contributed by atoms with Crippen molar-refractivity contribution >= 4 is 0 Å². The highest BCUT2D eigenvalue weighted by Crippen LogP contribution is 2.29. The molecule has 0 aromatic carbocycles. The third-order valence-electron chi connectivity index (χ3n) is 3.75. The summed E-state index contributed by atoms with van der Waals surface area (Å²) in [5, 5.41) is 8.92. The summed E-state index contributed by atoms with van der Waals surface area (Å²) in [5.41, 5.74) is 5.80. The van der Waals surface area contributed by atoms with Gasteiger partial charge in [0.25, 0.3) is 0 Å². The van der Waals surface area contributed by atoms with Gasteiger partial charge in [-0.05, 0) is 44.6 Å². The van der Waals surface area contributed by atoms with Crippen molar-refractivity contribution in [3.8, 4) is 0 Å². The predicted octanol–water partition coefficient (Wildman–Crippen LogP) is 0.570. The van der Waals surface area contributed by atoms with Crippen LogP contribution in [0.5, 0.6) is 0 Å². The second-order valence-corrected chi connectivity index (χ2v) is 4.90. The zero-order chi connectivity index (χ0) is 9.97. The predicted molar refractivity (Wildman–Crippen MR) is 57.0 cm³/mol. The lowest BCUT2D eigenvalue weighted by atomic mass is 9.83. The van der Waals surface area contributed by atoms with E-state index in [4.69, 9.17) is 10.8 Å². The fraction of sp³-hybridized carbons (Fsp3) is 1.00. The van der Waals surface area contributed by atoms with Gasteiger partial charge < -0.3 is 10.8 Å². The summed E-state index contributed by atoms with van der Waals surface area (Å²) in [6.07, 6.45) is 5.96. The Hall–Kier alpha value is -0.120. The Balaban J connectivity index is 1.76. The summed E-state index contributed by atoms with van der Waals surface area (Å²) >= 11 is 0. The minimum absolute atomic E-state index is 0.350. The largest absolute Gasteiger partial charge is 0.396 e. The molecule has 0 spiro atoms. The van der Waals surface area contributed by atoms with Crippen LogP contribution < -0.4 is 5.73 Å². The van der Waals surface area contributed by atoms with Gasteiger partial charge >= 0.3 is 0 Å². The molecule has 0 aromatic heterocycles. The Labute approximate surface area is 86.3 Å². The van der Waals surface area contributed by atoms with Crippen molar-refractivity contribution in [2.45, 2.75) is 44.2 Å². The monoisotopic (exact) mass is 198 g/mol. The molecule has 1 saturated carbocycles. The smallest absolute Gasteiger partial charge is 0.0434 e. The van der Waals surface area contributed by atoms with Crippen LogP contribution in [-0.4, -0.2) is 41.8 Å². The molecular formula is C11H22N2O. The Bertz CT molecular complexity index is 176. The van der Waals surface area contributed by atoms with E-state index in [0.29, 0.717) is 12.6 Å². The SMILES string of the molecule is NC1CC(N2CCCC(CCO)C2)C1. The fourth-order valence-corrected chi connectivity index (χ4v) is 2.78. The van der Waals surface area contributed by atoms with E-state index in [2.05, 4.69) is 4.90 Å². The molecule has 1 heterocycles. The number of piperidine rings is 1. The Kier molecular flexibility index (Phi) is 3.42.